The molecule has 0 saturated carbocycles. The molecule has 1 aromatic carbocycles. The number of thiophene rings is 1. The summed E-state index contributed by atoms with van der Waals surface area (Å²) in [5.74, 6) is -1.21. The van der Waals surface area contributed by atoms with Gasteiger partial charge in [-0.2, -0.15) is 18.4 Å². The number of carbonyl (C=O) groups is 1. The lowest BCUT2D eigenvalue weighted by atomic mass is 10.0. The minimum absolute atomic E-state index is 0.0549. The van der Waals surface area contributed by atoms with Gasteiger partial charge in [-0.05, 0) is 24.0 Å². The number of carboxylic acid groups (broad SMARTS) is 1. The standard InChI is InChI=1S/C14H8F3NO2S2/c1-21-13-9(6-18)10(11(22-13)12(19)20)7-2-4-8(5-3-7)14(15,16)17/h2-5H,1H3,(H,19,20). The summed E-state index contributed by atoms with van der Waals surface area (Å²) >= 11 is 2.17. The average molecular weight is 343 g/mol. The van der Waals surface area contributed by atoms with Gasteiger partial charge in [0.05, 0.1) is 15.3 Å². The molecule has 114 valence electrons. The largest absolute Gasteiger partial charge is 0.477 e. The van der Waals surface area contributed by atoms with Gasteiger partial charge in [-0.15, -0.1) is 23.1 Å². The molecular weight excluding hydrogens is 335 g/mol. The van der Waals surface area contributed by atoms with Crippen molar-refractivity contribution in [2.45, 2.75) is 10.4 Å². The van der Waals surface area contributed by atoms with Crippen LogP contribution in [0.15, 0.2) is 28.5 Å². The third kappa shape index (κ3) is 2.96. The molecule has 8 heteroatoms. The Morgan fingerprint density at radius 3 is 2.32 bits per heavy atom. The van der Waals surface area contributed by atoms with Crippen LogP contribution in [0.5, 0.6) is 0 Å². The van der Waals surface area contributed by atoms with E-state index in [2.05, 4.69) is 0 Å². The fourth-order valence-electron chi connectivity index (χ4n) is 1.91. The number of thioether (sulfide) groups is 1. The molecule has 0 saturated heterocycles. The first-order valence-electron chi connectivity index (χ1n) is 5.81. The smallest absolute Gasteiger partial charge is 0.416 e. The van der Waals surface area contributed by atoms with Crippen LogP contribution in [0.4, 0.5) is 13.2 Å². The molecule has 0 aliphatic heterocycles. The number of benzene rings is 1. The van der Waals surface area contributed by atoms with Gasteiger partial charge in [-0.3, -0.25) is 0 Å². The van der Waals surface area contributed by atoms with Crippen molar-refractivity contribution in [1.29, 1.82) is 5.26 Å². The molecule has 22 heavy (non-hydrogen) atoms. The van der Waals surface area contributed by atoms with Crippen LogP contribution in [0.2, 0.25) is 0 Å². The molecule has 2 aromatic rings. The van der Waals surface area contributed by atoms with Crippen molar-refractivity contribution >= 4 is 29.1 Å². The maximum absolute atomic E-state index is 12.6. The fraction of sp³-hybridized carbons (Fsp3) is 0.143. The molecule has 0 aliphatic carbocycles. The lowest BCUT2D eigenvalue weighted by Crippen LogP contribution is -2.04. The van der Waals surface area contributed by atoms with Crippen LogP contribution in [-0.2, 0) is 6.18 Å². The lowest BCUT2D eigenvalue weighted by molar-refractivity contribution is -0.137. The topological polar surface area (TPSA) is 61.1 Å². The zero-order chi connectivity index (χ0) is 16.5. The average Bonchev–Trinajstić information content (AvgIpc) is 2.85. The van der Waals surface area contributed by atoms with E-state index in [0.717, 1.165) is 23.5 Å². The van der Waals surface area contributed by atoms with E-state index < -0.39 is 17.7 Å². The highest BCUT2D eigenvalue weighted by molar-refractivity contribution is 8.00. The van der Waals surface area contributed by atoms with Gasteiger partial charge < -0.3 is 5.11 Å². The summed E-state index contributed by atoms with van der Waals surface area (Å²) in [6.45, 7) is 0. The van der Waals surface area contributed by atoms with Crippen molar-refractivity contribution < 1.29 is 23.1 Å². The second-order valence-corrected chi connectivity index (χ2v) is 6.26. The van der Waals surface area contributed by atoms with Crippen molar-refractivity contribution in [3.63, 3.8) is 0 Å². The lowest BCUT2D eigenvalue weighted by Gasteiger charge is -2.08. The highest BCUT2D eigenvalue weighted by Gasteiger charge is 2.30. The fourth-order valence-corrected chi connectivity index (χ4v) is 3.69. The molecule has 0 unspecified atom stereocenters. The molecule has 0 radical (unpaired) electrons. The summed E-state index contributed by atoms with van der Waals surface area (Å²) in [4.78, 5) is 11.3. The van der Waals surface area contributed by atoms with Crippen LogP contribution in [0, 0.1) is 11.3 Å². The summed E-state index contributed by atoms with van der Waals surface area (Å²) in [5, 5.41) is 18.5. The highest BCUT2D eigenvalue weighted by Crippen LogP contribution is 2.41. The molecule has 0 fully saturated rings. The highest BCUT2D eigenvalue weighted by atomic mass is 32.2. The molecule has 2 rings (SSSR count). The molecule has 3 nitrogen and oxygen atoms in total. The van der Waals surface area contributed by atoms with Crippen molar-refractivity contribution in [2.75, 3.05) is 6.26 Å². The predicted molar refractivity (Wildman–Crippen MR) is 78.2 cm³/mol. The minimum Gasteiger partial charge on any atom is -0.477 e. The van der Waals surface area contributed by atoms with Gasteiger partial charge in [0.1, 0.15) is 10.9 Å². The second kappa shape index (κ2) is 6.02. The predicted octanol–water partition coefficient (Wildman–Crippen LogP) is 4.73. The quantitative estimate of drug-likeness (QED) is 0.819. The van der Waals surface area contributed by atoms with Crippen LogP contribution < -0.4 is 0 Å². The first kappa shape index (κ1) is 16.4. The molecule has 0 amide bonds. The summed E-state index contributed by atoms with van der Waals surface area (Å²) in [5.41, 5.74) is -0.210. The van der Waals surface area contributed by atoms with E-state index in [9.17, 15) is 28.3 Å². The van der Waals surface area contributed by atoms with E-state index in [1.165, 1.54) is 23.9 Å². The van der Waals surface area contributed by atoms with Gasteiger partial charge in [0.25, 0.3) is 0 Å². The van der Waals surface area contributed by atoms with E-state index in [1.807, 2.05) is 6.07 Å². The molecular formula is C14H8F3NO2S2. The van der Waals surface area contributed by atoms with Gasteiger partial charge in [0.15, 0.2) is 0 Å². The van der Waals surface area contributed by atoms with Crippen LogP contribution in [0.3, 0.4) is 0 Å². The molecule has 0 aliphatic rings. The van der Waals surface area contributed by atoms with Crippen LogP contribution in [0.25, 0.3) is 11.1 Å². The van der Waals surface area contributed by atoms with E-state index in [-0.39, 0.29) is 21.6 Å². The number of aromatic carboxylic acids is 1. The van der Waals surface area contributed by atoms with E-state index >= 15 is 0 Å². The minimum atomic E-state index is -4.47. The Morgan fingerprint density at radius 2 is 1.91 bits per heavy atom. The molecule has 1 aromatic heterocycles. The Bertz CT molecular complexity index is 758. The van der Waals surface area contributed by atoms with E-state index in [4.69, 9.17) is 0 Å². The normalized spacial score (nSPS) is 11.2. The molecule has 0 spiro atoms. The molecule has 1 N–H and O–H groups in total. The Balaban J connectivity index is 2.64. The van der Waals surface area contributed by atoms with Gasteiger partial charge in [-0.25, -0.2) is 4.79 Å². The maximum Gasteiger partial charge on any atom is 0.416 e. The number of carboxylic acids is 1. The molecule has 0 bridgehead atoms. The summed E-state index contributed by atoms with van der Waals surface area (Å²) < 4.78 is 38.3. The van der Waals surface area contributed by atoms with Gasteiger partial charge in [0.2, 0.25) is 0 Å². The number of halogens is 3. The third-order valence-corrected chi connectivity index (χ3v) is 5.17. The van der Waals surface area contributed by atoms with Gasteiger partial charge >= 0.3 is 12.1 Å². The van der Waals surface area contributed by atoms with Gasteiger partial charge in [-0.1, -0.05) is 12.1 Å². The Morgan fingerprint density at radius 1 is 1.32 bits per heavy atom. The van der Waals surface area contributed by atoms with Crippen molar-refractivity contribution in [3.05, 3.63) is 40.3 Å². The Kier molecular flexibility index (Phi) is 4.49. The zero-order valence-electron chi connectivity index (χ0n) is 11.1. The first-order chi connectivity index (χ1) is 10.3. The Hall–Kier alpha value is -1.98. The number of alkyl halides is 3. The number of hydrogen-bond acceptors (Lipinski definition) is 4. The maximum atomic E-state index is 12.6. The van der Waals surface area contributed by atoms with Crippen LogP contribution in [0.1, 0.15) is 20.8 Å². The zero-order valence-corrected chi connectivity index (χ0v) is 12.7. The third-order valence-electron chi connectivity index (χ3n) is 2.87. The molecule has 1 heterocycles. The van der Waals surface area contributed by atoms with Crippen LogP contribution in [-0.4, -0.2) is 17.3 Å². The van der Waals surface area contributed by atoms with Gasteiger partial charge in [0, 0.05) is 5.56 Å². The monoisotopic (exact) mass is 343 g/mol. The van der Waals surface area contributed by atoms with Crippen LogP contribution >= 0.6 is 23.1 Å². The number of nitrogens with zero attached hydrogens (tertiary/aromatic N) is 1. The molecule has 0 atom stereocenters. The SMILES string of the molecule is CSc1sc(C(=O)O)c(-c2ccc(C(F)(F)F)cc2)c1C#N. The summed E-state index contributed by atoms with van der Waals surface area (Å²) in [7, 11) is 0. The van der Waals surface area contributed by atoms with E-state index in [0.29, 0.717) is 4.21 Å². The summed E-state index contributed by atoms with van der Waals surface area (Å²) in [6, 6.07) is 6.05. The first-order valence-corrected chi connectivity index (χ1v) is 7.85. The van der Waals surface area contributed by atoms with E-state index in [1.54, 1.807) is 6.26 Å². The second-order valence-electron chi connectivity index (χ2n) is 4.16. The Labute approximate surface area is 132 Å². The van der Waals surface area contributed by atoms with Crippen molar-refractivity contribution in [3.8, 4) is 17.2 Å². The number of hydrogen-bond donors (Lipinski definition) is 1. The van der Waals surface area contributed by atoms with Crippen molar-refractivity contribution in [1.82, 2.24) is 0 Å². The number of rotatable bonds is 3. The van der Waals surface area contributed by atoms with Crippen molar-refractivity contribution in [2.24, 2.45) is 0 Å². The summed E-state index contributed by atoms with van der Waals surface area (Å²) in [6.07, 6.45) is -2.76. The number of nitriles is 1.